The van der Waals surface area contributed by atoms with E-state index < -0.39 is 0 Å². The molecule has 4 aromatic rings. The van der Waals surface area contributed by atoms with Crippen LogP contribution >= 0.6 is 11.8 Å². The first-order valence-electron chi connectivity index (χ1n) is 7.37. The maximum atomic E-state index is 12.3. The van der Waals surface area contributed by atoms with Gasteiger partial charge in [0, 0.05) is 11.9 Å². The van der Waals surface area contributed by atoms with Crippen LogP contribution in [0.2, 0.25) is 0 Å². The van der Waals surface area contributed by atoms with E-state index >= 15 is 0 Å². The van der Waals surface area contributed by atoms with E-state index in [2.05, 4.69) is 20.1 Å². The summed E-state index contributed by atoms with van der Waals surface area (Å²) < 4.78 is 1.68. The van der Waals surface area contributed by atoms with E-state index in [1.54, 1.807) is 17.1 Å². The van der Waals surface area contributed by atoms with Crippen LogP contribution in [0.4, 0.5) is 0 Å². The van der Waals surface area contributed by atoms with E-state index in [0.29, 0.717) is 21.9 Å². The largest absolute Gasteiger partial charge is 0.301 e. The molecule has 3 heterocycles. The number of aromatic nitrogens is 5. The molecule has 3 aromatic heterocycles. The molecule has 0 unspecified atom stereocenters. The van der Waals surface area contributed by atoms with Crippen molar-refractivity contribution in [2.75, 3.05) is 0 Å². The van der Waals surface area contributed by atoms with Crippen LogP contribution in [0.5, 0.6) is 0 Å². The van der Waals surface area contributed by atoms with E-state index in [1.165, 1.54) is 11.8 Å². The molecule has 0 aliphatic heterocycles. The van der Waals surface area contributed by atoms with Crippen molar-refractivity contribution in [3.63, 3.8) is 0 Å². The predicted octanol–water partition coefficient (Wildman–Crippen LogP) is 2.80. The normalized spacial score (nSPS) is 11.0. The van der Waals surface area contributed by atoms with Crippen molar-refractivity contribution in [1.29, 1.82) is 0 Å². The average Bonchev–Trinajstić information content (AvgIpc) is 3.06. The quantitative estimate of drug-likeness (QED) is 0.458. The Labute approximate surface area is 141 Å². The van der Waals surface area contributed by atoms with Crippen LogP contribution in [-0.2, 0) is 5.75 Å². The van der Waals surface area contributed by atoms with Gasteiger partial charge in [-0.15, -0.1) is 0 Å². The van der Waals surface area contributed by atoms with E-state index in [-0.39, 0.29) is 5.56 Å². The Morgan fingerprint density at radius 1 is 1.08 bits per heavy atom. The number of aromatic amines is 1. The van der Waals surface area contributed by atoms with Gasteiger partial charge in [-0.25, -0.2) is 9.67 Å². The van der Waals surface area contributed by atoms with Gasteiger partial charge in [0.05, 0.1) is 17.6 Å². The number of hydrogen-bond donors (Lipinski definition) is 1. The maximum Gasteiger partial charge on any atom is 0.262 e. The molecular formula is C17H13N5OS. The Bertz CT molecular complexity index is 1030. The molecule has 6 nitrogen and oxygen atoms in total. The van der Waals surface area contributed by atoms with Crippen LogP contribution in [0, 0.1) is 0 Å². The molecule has 1 N–H and O–H groups in total. The summed E-state index contributed by atoms with van der Waals surface area (Å²) in [5, 5.41) is 5.32. The van der Waals surface area contributed by atoms with Gasteiger partial charge in [-0.3, -0.25) is 9.78 Å². The number of para-hydroxylation sites is 1. The van der Waals surface area contributed by atoms with Crippen molar-refractivity contribution in [2.24, 2.45) is 0 Å². The lowest BCUT2D eigenvalue weighted by atomic mass is 10.3. The first kappa shape index (κ1) is 14.6. The first-order valence-corrected chi connectivity index (χ1v) is 8.36. The van der Waals surface area contributed by atoms with Crippen molar-refractivity contribution in [3.05, 3.63) is 77.0 Å². The second-order valence-corrected chi connectivity index (χ2v) is 6.07. The SMILES string of the molecule is O=c1[nH]c(SCc2ccccn2)nc2c1cnn2-c1ccccc1. The number of benzene rings is 1. The molecule has 0 fully saturated rings. The Hall–Kier alpha value is -2.93. The van der Waals surface area contributed by atoms with Crippen LogP contribution in [0.25, 0.3) is 16.7 Å². The lowest BCUT2D eigenvalue weighted by Gasteiger charge is -2.04. The third-order valence-corrected chi connectivity index (χ3v) is 4.41. The van der Waals surface area contributed by atoms with Gasteiger partial charge < -0.3 is 4.98 Å². The fourth-order valence-electron chi connectivity index (χ4n) is 2.35. The van der Waals surface area contributed by atoms with Gasteiger partial charge in [-0.2, -0.15) is 5.10 Å². The molecule has 0 aliphatic rings. The van der Waals surface area contributed by atoms with Crippen LogP contribution in [0.3, 0.4) is 0 Å². The summed E-state index contributed by atoms with van der Waals surface area (Å²) in [6.45, 7) is 0. The highest BCUT2D eigenvalue weighted by atomic mass is 32.2. The topological polar surface area (TPSA) is 76.5 Å². The zero-order valence-corrected chi connectivity index (χ0v) is 13.4. The maximum absolute atomic E-state index is 12.3. The first-order chi connectivity index (χ1) is 11.8. The molecule has 0 aliphatic carbocycles. The van der Waals surface area contributed by atoms with Gasteiger partial charge >= 0.3 is 0 Å². The number of pyridine rings is 1. The van der Waals surface area contributed by atoms with E-state index in [1.807, 2.05) is 48.5 Å². The second-order valence-electron chi connectivity index (χ2n) is 5.11. The summed E-state index contributed by atoms with van der Waals surface area (Å²) in [7, 11) is 0. The standard InChI is InChI=1S/C17H13N5OS/c23-16-14-10-19-22(13-7-2-1-3-8-13)15(14)20-17(21-16)24-11-12-6-4-5-9-18-12/h1-10H,11H2,(H,20,21,23). The van der Waals surface area contributed by atoms with Gasteiger partial charge in [0.25, 0.3) is 5.56 Å². The fourth-order valence-corrected chi connectivity index (χ4v) is 3.12. The van der Waals surface area contributed by atoms with Gasteiger partial charge in [0.1, 0.15) is 5.39 Å². The number of hydrogen-bond acceptors (Lipinski definition) is 5. The van der Waals surface area contributed by atoms with Crippen molar-refractivity contribution < 1.29 is 0 Å². The van der Waals surface area contributed by atoms with Crippen molar-refractivity contribution >= 4 is 22.8 Å². The molecule has 0 spiro atoms. The molecule has 0 saturated heterocycles. The van der Waals surface area contributed by atoms with Gasteiger partial charge in [0.15, 0.2) is 10.8 Å². The van der Waals surface area contributed by atoms with Gasteiger partial charge in [0.2, 0.25) is 0 Å². The zero-order chi connectivity index (χ0) is 16.4. The van der Waals surface area contributed by atoms with Crippen LogP contribution in [0.15, 0.2) is 70.9 Å². The van der Waals surface area contributed by atoms with E-state index in [4.69, 9.17) is 0 Å². The van der Waals surface area contributed by atoms with Crippen molar-refractivity contribution in [2.45, 2.75) is 10.9 Å². The molecule has 4 rings (SSSR count). The van der Waals surface area contributed by atoms with Gasteiger partial charge in [-0.1, -0.05) is 36.0 Å². The third kappa shape index (κ3) is 2.81. The smallest absolute Gasteiger partial charge is 0.262 e. The molecule has 0 amide bonds. The number of fused-ring (bicyclic) bond motifs is 1. The molecule has 7 heteroatoms. The molecule has 0 radical (unpaired) electrons. The molecule has 0 bridgehead atoms. The number of rotatable bonds is 4. The van der Waals surface area contributed by atoms with E-state index in [9.17, 15) is 4.79 Å². The summed E-state index contributed by atoms with van der Waals surface area (Å²) >= 11 is 1.44. The Morgan fingerprint density at radius 3 is 2.71 bits per heavy atom. The minimum absolute atomic E-state index is 0.189. The molecule has 24 heavy (non-hydrogen) atoms. The minimum Gasteiger partial charge on any atom is -0.301 e. The van der Waals surface area contributed by atoms with Gasteiger partial charge in [-0.05, 0) is 24.3 Å². The molecule has 0 saturated carbocycles. The highest BCUT2D eigenvalue weighted by molar-refractivity contribution is 7.98. The molecule has 0 atom stereocenters. The molecule has 1 aromatic carbocycles. The minimum atomic E-state index is -0.189. The highest BCUT2D eigenvalue weighted by Gasteiger charge is 2.11. The fraction of sp³-hybridized carbons (Fsp3) is 0.0588. The number of thioether (sulfide) groups is 1. The third-order valence-electron chi connectivity index (χ3n) is 3.50. The monoisotopic (exact) mass is 335 g/mol. The molecular weight excluding hydrogens is 322 g/mol. The second kappa shape index (κ2) is 6.29. The van der Waals surface area contributed by atoms with Crippen LogP contribution in [-0.4, -0.2) is 24.7 Å². The summed E-state index contributed by atoms with van der Waals surface area (Å²) in [4.78, 5) is 23.9. The Kier molecular flexibility index (Phi) is 3.84. The van der Waals surface area contributed by atoms with Crippen LogP contribution in [0.1, 0.15) is 5.69 Å². The highest BCUT2D eigenvalue weighted by Crippen LogP contribution is 2.20. The summed E-state index contributed by atoms with van der Waals surface area (Å²) in [6, 6.07) is 15.4. The summed E-state index contributed by atoms with van der Waals surface area (Å²) in [5.41, 5.74) is 2.16. The zero-order valence-electron chi connectivity index (χ0n) is 12.6. The Balaban J connectivity index is 1.72. The summed E-state index contributed by atoms with van der Waals surface area (Å²) in [6.07, 6.45) is 3.29. The Morgan fingerprint density at radius 2 is 1.92 bits per heavy atom. The number of nitrogens with zero attached hydrogens (tertiary/aromatic N) is 4. The van der Waals surface area contributed by atoms with Crippen LogP contribution < -0.4 is 5.56 Å². The predicted molar refractivity (Wildman–Crippen MR) is 93.3 cm³/mol. The lowest BCUT2D eigenvalue weighted by molar-refractivity contribution is 0.872. The van der Waals surface area contributed by atoms with Crippen molar-refractivity contribution in [1.82, 2.24) is 24.7 Å². The summed E-state index contributed by atoms with van der Waals surface area (Å²) in [5.74, 6) is 0.634. The number of nitrogens with one attached hydrogen (secondary N) is 1. The number of H-pyrrole nitrogens is 1. The lowest BCUT2D eigenvalue weighted by Crippen LogP contribution is -2.09. The van der Waals surface area contributed by atoms with Crippen molar-refractivity contribution in [3.8, 4) is 5.69 Å². The van der Waals surface area contributed by atoms with E-state index in [0.717, 1.165) is 11.4 Å². The average molecular weight is 335 g/mol. The molecule has 118 valence electrons.